The maximum Gasteiger partial charge on any atom is 0.255 e. The van der Waals surface area contributed by atoms with Crippen molar-refractivity contribution >= 4 is 11.6 Å². The van der Waals surface area contributed by atoms with Crippen LogP contribution in [0.4, 0.5) is 5.69 Å². The second kappa shape index (κ2) is 5.67. The highest BCUT2D eigenvalue weighted by Gasteiger charge is 2.09. The minimum atomic E-state index is -0.0876. The number of rotatable bonds is 3. The van der Waals surface area contributed by atoms with Crippen molar-refractivity contribution < 1.29 is 4.79 Å². The average Bonchev–Trinajstić information content (AvgIpc) is 2.41. The fourth-order valence-electron chi connectivity index (χ4n) is 1.95. The van der Waals surface area contributed by atoms with E-state index < -0.39 is 0 Å². The highest BCUT2D eigenvalue weighted by atomic mass is 16.1. The van der Waals surface area contributed by atoms with Crippen LogP contribution in [0, 0.1) is 13.8 Å². The summed E-state index contributed by atoms with van der Waals surface area (Å²) in [4.78, 5) is 12.2. The first-order valence-electron chi connectivity index (χ1n) is 6.28. The molecule has 2 aromatic rings. The molecule has 0 radical (unpaired) electrons. The van der Waals surface area contributed by atoms with Gasteiger partial charge < -0.3 is 11.1 Å². The molecule has 3 heteroatoms. The molecule has 0 aromatic heterocycles. The minimum Gasteiger partial charge on any atom is -0.326 e. The normalized spacial score (nSPS) is 10.3. The van der Waals surface area contributed by atoms with E-state index >= 15 is 0 Å². The second-order valence-corrected chi connectivity index (χ2v) is 4.68. The highest BCUT2D eigenvalue weighted by Crippen LogP contribution is 2.15. The summed E-state index contributed by atoms with van der Waals surface area (Å²) in [5.41, 5.74) is 10.1. The first kappa shape index (κ1) is 13.3. The van der Waals surface area contributed by atoms with Gasteiger partial charge in [0.15, 0.2) is 0 Å². The van der Waals surface area contributed by atoms with Gasteiger partial charge in [0.2, 0.25) is 0 Å². The fraction of sp³-hybridized carbons (Fsp3) is 0.188. The molecule has 0 saturated carbocycles. The number of carbonyl (C=O) groups excluding carboxylic acids is 1. The summed E-state index contributed by atoms with van der Waals surface area (Å²) in [6.45, 7) is 4.38. The number of nitrogens with one attached hydrogen (secondary N) is 1. The monoisotopic (exact) mass is 254 g/mol. The van der Waals surface area contributed by atoms with Gasteiger partial charge >= 0.3 is 0 Å². The van der Waals surface area contributed by atoms with Gasteiger partial charge in [-0.05, 0) is 43.2 Å². The molecule has 0 fully saturated rings. The van der Waals surface area contributed by atoms with Crippen LogP contribution in [-0.2, 0) is 6.54 Å². The van der Waals surface area contributed by atoms with E-state index in [1.807, 2.05) is 56.3 Å². The number of benzene rings is 2. The van der Waals surface area contributed by atoms with Crippen molar-refractivity contribution in [2.45, 2.75) is 20.4 Å². The van der Waals surface area contributed by atoms with Crippen LogP contribution in [0.2, 0.25) is 0 Å². The van der Waals surface area contributed by atoms with Gasteiger partial charge in [-0.3, -0.25) is 4.79 Å². The predicted octanol–water partition coefficient (Wildman–Crippen LogP) is 3.01. The summed E-state index contributed by atoms with van der Waals surface area (Å²) in [7, 11) is 0. The van der Waals surface area contributed by atoms with Crippen LogP contribution in [0.5, 0.6) is 0 Å². The zero-order valence-corrected chi connectivity index (χ0v) is 11.2. The molecule has 19 heavy (non-hydrogen) atoms. The Morgan fingerprint density at radius 3 is 2.68 bits per heavy atom. The van der Waals surface area contributed by atoms with E-state index in [9.17, 15) is 4.79 Å². The van der Waals surface area contributed by atoms with Crippen molar-refractivity contribution in [1.29, 1.82) is 0 Å². The molecular formula is C16H18N2O. The van der Waals surface area contributed by atoms with Crippen molar-refractivity contribution in [3.05, 3.63) is 64.7 Å². The number of hydrogen-bond donors (Lipinski definition) is 2. The van der Waals surface area contributed by atoms with E-state index in [-0.39, 0.29) is 5.91 Å². The SMILES string of the molecule is Cc1ccc(C)c(C(=O)Nc2cccc(CN)c2)c1. The number of hydrogen-bond acceptors (Lipinski definition) is 2. The maximum absolute atomic E-state index is 12.2. The van der Waals surface area contributed by atoms with E-state index in [0.717, 1.165) is 22.4 Å². The van der Waals surface area contributed by atoms with Gasteiger partial charge in [-0.1, -0.05) is 29.8 Å². The van der Waals surface area contributed by atoms with Gasteiger partial charge in [-0.15, -0.1) is 0 Å². The number of amides is 1. The third-order valence-electron chi connectivity index (χ3n) is 3.06. The summed E-state index contributed by atoms with van der Waals surface area (Å²) >= 11 is 0. The van der Waals surface area contributed by atoms with E-state index in [4.69, 9.17) is 5.73 Å². The first-order valence-corrected chi connectivity index (χ1v) is 6.28. The van der Waals surface area contributed by atoms with Crippen molar-refractivity contribution in [1.82, 2.24) is 0 Å². The standard InChI is InChI=1S/C16H18N2O/c1-11-6-7-12(2)15(8-11)16(19)18-14-5-3-4-13(9-14)10-17/h3-9H,10,17H2,1-2H3,(H,18,19). The molecule has 0 aliphatic carbocycles. The summed E-state index contributed by atoms with van der Waals surface area (Å²) < 4.78 is 0. The van der Waals surface area contributed by atoms with E-state index in [1.54, 1.807) is 0 Å². The zero-order chi connectivity index (χ0) is 13.8. The topological polar surface area (TPSA) is 55.1 Å². The average molecular weight is 254 g/mol. The van der Waals surface area contributed by atoms with Crippen LogP contribution in [0.3, 0.4) is 0 Å². The molecule has 3 nitrogen and oxygen atoms in total. The lowest BCUT2D eigenvalue weighted by Gasteiger charge is -2.09. The molecule has 98 valence electrons. The largest absolute Gasteiger partial charge is 0.326 e. The number of aryl methyl sites for hydroxylation is 2. The Morgan fingerprint density at radius 1 is 1.16 bits per heavy atom. The van der Waals surface area contributed by atoms with Gasteiger partial charge in [-0.2, -0.15) is 0 Å². The van der Waals surface area contributed by atoms with Crippen LogP contribution >= 0.6 is 0 Å². The Morgan fingerprint density at radius 2 is 1.95 bits per heavy atom. The minimum absolute atomic E-state index is 0.0876. The van der Waals surface area contributed by atoms with Crippen LogP contribution in [-0.4, -0.2) is 5.91 Å². The lowest BCUT2D eigenvalue weighted by Crippen LogP contribution is -2.14. The Hall–Kier alpha value is -2.13. The Kier molecular flexibility index (Phi) is 3.97. The van der Waals surface area contributed by atoms with Gasteiger partial charge in [-0.25, -0.2) is 0 Å². The van der Waals surface area contributed by atoms with Gasteiger partial charge in [0, 0.05) is 17.8 Å². The van der Waals surface area contributed by atoms with E-state index in [0.29, 0.717) is 12.1 Å². The molecule has 3 N–H and O–H groups in total. The smallest absolute Gasteiger partial charge is 0.255 e. The summed E-state index contributed by atoms with van der Waals surface area (Å²) in [5.74, 6) is -0.0876. The quantitative estimate of drug-likeness (QED) is 0.884. The van der Waals surface area contributed by atoms with E-state index in [2.05, 4.69) is 5.32 Å². The Labute approximate surface area is 113 Å². The molecule has 0 saturated heterocycles. The van der Waals surface area contributed by atoms with Gasteiger partial charge in [0.1, 0.15) is 0 Å². The predicted molar refractivity (Wildman–Crippen MR) is 78.2 cm³/mol. The van der Waals surface area contributed by atoms with E-state index in [1.165, 1.54) is 0 Å². The summed E-state index contributed by atoms with van der Waals surface area (Å²) in [5, 5.41) is 2.91. The fourth-order valence-corrected chi connectivity index (χ4v) is 1.95. The molecule has 1 amide bonds. The Bertz CT molecular complexity index is 605. The van der Waals surface area contributed by atoms with Crippen LogP contribution in [0.15, 0.2) is 42.5 Å². The highest BCUT2D eigenvalue weighted by molar-refractivity contribution is 6.05. The molecule has 0 bridgehead atoms. The van der Waals surface area contributed by atoms with Crippen molar-refractivity contribution in [2.24, 2.45) is 5.73 Å². The molecule has 0 aliphatic heterocycles. The number of carbonyl (C=O) groups is 1. The number of anilines is 1. The molecule has 0 spiro atoms. The molecule has 2 rings (SSSR count). The molecule has 0 unspecified atom stereocenters. The first-order chi connectivity index (χ1) is 9.10. The van der Waals surface area contributed by atoms with Crippen molar-refractivity contribution in [3.63, 3.8) is 0 Å². The summed E-state index contributed by atoms with van der Waals surface area (Å²) in [6, 6.07) is 13.4. The third-order valence-corrected chi connectivity index (χ3v) is 3.06. The third kappa shape index (κ3) is 3.20. The van der Waals surface area contributed by atoms with Crippen LogP contribution in [0.1, 0.15) is 27.0 Å². The molecule has 0 heterocycles. The van der Waals surface area contributed by atoms with Crippen molar-refractivity contribution in [2.75, 3.05) is 5.32 Å². The molecule has 2 aromatic carbocycles. The second-order valence-electron chi connectivity index (χ2n) is 4.68. The van der Waals surface area contributed by atoms with Crippen LogP contribution in [0.25, 0.3) is 0 Å². The molecule has 0 atom stereocenters. The summed E-state index contributed by atoms with van der Waals surface area (Å²) in [6.07, 6.45) is 0. The molecule has 0 aliphatic rings. The Balaban J connectivity index is 2.23. The maximum atomic E-state index is 12.2. The lowest BCUT2D eigenvalue weighted by atomic mass is 10.0. The molecular weight excluding hydrogens is 236 g/mol. The lowest BCUT2D eigenvalue weighted by molar-refractivity contribution is 0.102. The van der Waals surface area contributed by atoms with Crippen molar-refractivity contribution in [3.8, 4) is 0 Å². The number of nitrogens with two attached hydrogens (primary N) is 1. The zero-order valence-electron chi connectivity index (χ0n) is 11.2. The van der Waals surface area contributed by atoms with Crippen LogP contribution < -0.4 is 11.1 Å². The van der Waals surface area contributed by atoms with Gasteiger partial charge in [0.25, 0.3) is 5.91 Å². The van der Waals surface area contributed by atoms with Gasteiger partial charge in [0.05, 0.1) is 0 Å².